The van der Waals surface area contributed by atoms with Crippen LogP contribution in [0.25, 0.3) is 0 Å². The molecule has 2 aromatic rings. The molecule has 1 N–H and O–H groups in total. The number of aliphatic imine (C=N–C) groups is 1. The van der Waals surface area contributed by atoms with Crippen molar-refractivity contribution in [2.75, 3.05) is 11.6 Å². The molecule has 3 atom stereocenters. The van der Waals surface area contributed by atoms with E-state index in [1.54, 1.807) is 51.8 Å². The van der Waals surface area contributed by atoms with E-state index in [4.69, 9.17) is 51.5 Å². The molecule has 0 aliphatic carbocycles. The normalized spacial score (nSPS) is 23.9. The van der Waals surface area contributed by atoms with E-state index in [1.165, 1.54) is 11.8 Å². The molecular weight excluding hydrogens is 560 g/mol. The molecule has 3 heterocycles. The average molecular weight is 577 g/mol. The van der Waals surface area contributed by atoms with Crippen LogP contribution in [0.2, 0.25) is 15.1 Å². The topological polar surface area (TPSA) is 77.4 Å². The van der Waals surface area contributed by atoms with E-state index in [0.29, 0.717) is 32.9 Å². The molecule has 0 spiro atoms. The predicted molar refractivity (Wildman–Crippen MR) is 142 cm³/mol. The van der Waals surface area contributed by atoms with Gasteiger partial charge in [0.2, 0.25) is 15.4 Å². The van der Waals surface area contributed by atoms with Gasteiger partial charge in [-0.1, -0.05) is 70.3 Å². The first-order valence-corrected chi connectivity index (χ1v) is 14.1. The quantitative estimate of drug-likeness (QED) is 0.480. The minimum Gasteiger partial charge on any atom is -0.323 e. The number of hydrazone groups is 1. The van der Waals surface area contributed by atoms with Crippen LogP contribution in [0.1, 0.15) is 18.0 Å². The van der Waals surface area contributed by atoms with E-state index in [2.05, 4.69) is 9.71 Å². The molecular formula is C21H17Cl4N5O2S2. The second-order valence-electron chi connectivity index (χ2n) is 7.74. The van der Waals surface area contributed by atoms with Crippen molar-refractivity contribution in [3.8, 4) is 0 Å². The number of rotatable bonds is 6. The van der Waals surface area contributed by atoms with Crippen LogP contribution in [0, 0.1) is 0 Å². The molecule has 5 rings (SSSR count). The summed E-state index contributed by atoms with van der Waals surface area (Å²) in [5.41, 5.74) is 1.92. The minimum atomic E-state index is -3.85. The fourth-order valence-electron chi connectivity index (χ4n) is 3.97. The second kappa shape index (κ2) is 9.54. The van der Waals surface area contributed by atoms with E-state index in [-0.39, 0.29) is 23.3 Å². The summed E-state index contributed by atoms with van der Waals surface area (Å²) in [6, 6.07) is 12.4. The number of anilines is 1. The van der Waals surface area contributed by atoms with E-state index in [1.807, 2.05) is 12.1 Å². The van der Waals surface area contributed by atoms with Crippen LogP contribution >= 0.6 is 58.2 Å². The van der Waals surface area contributed by atoms with Gasteiger partial charge in [-0.15, -0.1) is 0 Å². The molecule has 3 unspecified atom stereocenters. The molecule has 0 radical (unpaired) electrons. The van der Waals surface area contributed by atoms with Crippen molar-refractivity contribution in [2.45, 2.75) is 23.3 Å². The fourth-order valence-corrected chi connectivity index (χ4v) is 7.49. The molecule has 178 valence electrons. The molecule has 3 aliphatic heterocycles. The van der Waals surface area contributed by atoms with Crippen molar-refractivity contribution in [1.82, 2.24) is 9.62 Å². The van der Waals surface area contributed by atoms with Crippen molar-refractivity contribution >= 4 is 84.8 Å². The zero-order chi connectivity index (χ0) is 24.0. The summed E-state index contributed by atoms with van der Waals surface area (Å²) in [5.74, 6) is 0. The summed E-state index contributed by atoms with van der Waals surface area (Å²) in [7, 11) is -3.85. The van der Waals surface area contributed by atoms with Crippen LogP contribution in [-0.2, 0) is 10.0 Å². The van der Waals surface area contributed by atoms with Crippen LogP contribution in [0.3, 0.4) is 0 Å². The molecule has 0 amide bonds. The van der Waals surface area contributed by atoms with Gasteiger partial charge in [0.15, 0.2) is 5.50 Å². The molecule has 2 aromatic carbocycles. The van der Waals surface area contributed by atoms with Crippen molar-refractivity contribution in [3.63, 3.8) is 0 Å². The molecule has 0 saturated carbocycles. The highest BCUT2D eigenvalue weighted by atomic mass is 35.5. The molecule has 0 bridgehead atoms. The summed E-state index contributed by atoms with van der Waals surface area (Å²) in [5, 5.41) is 8.83. The number of benzene rings is 2. The lowest BCUT2D eigenvalue weighted by Crippen LogP contribution is -2.46. The van der Waals surface area contributed by atoms with Gasteiger partial charge in [0.1, 0.15) is 5.17 Å². The Morgan fingerprint density at radius 3 is 2.53 bits per heavy atom. The van der Waals surface area contributed by atoms with E-state index in [9.17, 15) is 8.42 Å². The number of nitrogens with zero attached hydrogens (tertiary/aromatic N) is 4. The summed E-state index contributed by atoms with van der Waals surface area (Å²) >= 11 is 26.2. The number of hydrogen-bond donors (Lipinski definition) is 1. The van der Waals surface area contributed by atoms with Crippen molar-refractivity contribution in [3.05, 3.63) is 74.7 Å². The largest absolute Gasteiger partial charge is 0.323 e. The number of thioether (sulfide) groups is 1. The predicted octanol–water partition coefficient (Wildman–Crippen LogP) is 5.65. The average Bonchev–Trinajstić information content (AvgIpc) is 3.47. The number of sulfonamides is 1. The standard InChI is InChI=1S/C21H17Cl4N5O2S2/c22-13-3-1-12(2-4-13)18-10-15(28-30(18)17-6-5-14(23)9-16(17)24)11-26-34(31,32)20-19(25)27-21-29(20)7-8-33-21/h1-9,18,20-21,26H,10-11H2. The Labute approximate surface area is 221 Å². The Hall–Kier alpha value is -1.46. The number of halogens is 4. The van der Waals surface area contributed by atoms with Gasteiger partial charge in [0.05, 0.1) is 29.0 Å². The van der Waals surface area contributed by atoms with Crippen LogP contribution < -0.4 is 9.73 Å². The lowest BCUT2D eigenvalue weighted by atomic mass is 10.0. The van der Waals surface area contributed by atoms with Gasteiger partial charge in [0, 0.05) is 22.7 Å². The lowest BCUT2D eigenvalue weighted by Gasteiger charge is -2.25. The minimum absolute atomic E-state index is 0.0180. The third-order valence-electron chi connectivity index (χ3n) is 5.55. The summed E-state index contributed by atoms with van der Waals surface area (Å²) < 4.78 is 28.8. The van der Waals surface area contributed by atoms with E-state index in [0.717, 1.165) is 5.56 Å². The first-order chi connectivity index (χ1) is 16.2. The van der Waals surface area contributed by atoms with Crippen molar-refractivity contribution in [1.29, 1.82) is 0 Å². The highest BCUT2D eigenvalue weighted by molar-refractivity contribution is 8.03. The van der Waals surface area contributed by atoms with Crippen LogP contribution in [0.5, 0.6) is 0 Å². The molecule has 0 fully saturated rings. The van der Waals surface area contributed by atoms with Crippen LogP contribution in [-0.4, -0.2) is 41.6 Å². The molecule has 7 nitrogen and oxygen atoms in total. The first kappa shape index (κ1) is 24.2. The van der Waals surface area contributed by atoms with E-state index >= 15 is 0 Å². The second-order valence-corrected chi connectivity index (χ2v) is 12.2. The maximum Gasteiger partial charge on any atom is 0.240 e. The van der Waals surface area contributed by atoms with Crippen molar-refractivity contribution < 1.29 is 8.42 Å². The van der Waals surface area contributed by atoms with Gasteiger partial charge in [-0.25, -0.2) is 18.1 Å². The first-order valence-electron chi connectivity index (χ1n) is 10.1. The maximum atomic E-state index is 13.1. The Kier molecular flexibility index (Phi) is 6.80. The van der Waals surface area contributed by atoms with E-state index < -0.39 is 15.4 Å². The van der Waals surface area contributed by atoms with Gasteiger partial charge in [0.25, 0.3) is 0 Å². The highest BCUT2D eigenvalue weighted by Crippen LogP contribution is 2.40. The fraction of sp³-hybridized carbons (Fsp3) is 0.238. The van der Waals surface area contributed by atoms with Crippen LogP contribution in [0.15, 0.2) is 64.2 Å². The number of fused-ring (bicyclic) bond motifs is 1. The Morgan fingerprint density at radius 1 is 1.06 bits per heavy atom. The SMILES string of the molecule is O=S(=O)(NCC1=NN(c2ccc(Cl)cc2Cl)C(c2ccc(Cl)cc2)C1)C1C(Cl)=NC2SC=CN21. The van der Waals surface area contributed by atoms with Crippen LogP contribution in [0.4, 0.5) is 5.69 Å². The van der Waals surface area contributed by atoms with Crippen molar-refractivity contribution in [2.24, 2.45) is 10.1 Å². The summed E-state index contributed by atoms with van der Waals surface area (Å²) in [6.07, 6.45) is 2.17. The van der Waals surface area contributed by atoms with Gasteiger partial charge in [-0.2, -0.15) is 5.10 Å². The smallest absolute Gasteiger partial charge is 0.240 e. The molecule has 0 saturated heterocycles. The Bertz CT molecular complexity index is 1320. The monoisotopic (exact) mass is 575 g/mol. The highest BCUT2D eigenvalue weighted by Gasteiger charge is 2.44. The zero-order valence-corrected chi connectivity index (χ0v) is 21.9. The number of nitrogens with one attached hydrogen (secondary N) is 1. The lowest BCUT2D eigenvalue weighted by molar-refractivity contribution is 0.407. The number of hydrogen-bond acceptors (Lipinski definition) is 7. The van der Waals surface area contributed by atoms with Gasteiger partial charge in [-0.3, -0.25) is 5.01 Å². The molecule has 3 aliphatic rings. The van der Waals surface area contributed by atoms with Gasteiger partial charge in [-0.05, 0) is 41.3 Å². The van der Waals surface area contributed by atoms with Gasteiger partial charge < -0.3 is 4.90 Å². The Balaban J connectivity index is 1.39. The summed E-state index contributed by atoms with van der Waals surface area (Å²) in [4.78, 5) is 5.83. The van der Waals surface area contributed by atoms with Gasteiger partial charge >= 0.3 is 0 Å². The maximum absolute atomic E-state index is 13.1. The third-order valence-corrected chi connectivity index (χ3v) is 9.25. The Morgan fingerprint density at radius 2 is 1.79 bits per heavy atom. The summed E-state index contributed by atoms with van der Waals surface area (Å²) in [6.45, 7) is 0.0180. The molecule has 13 heteroatoms. The molecule has 34 heavy (non-hydrogen) atoms. The zero-order valence-electron chi connectivity index (χ0n) is 17.3. The molecule has 0 aromatic heterocycles. The third kappa shape index (κ3) is 4.67.